The predicted molar refractivity (Wildman–Crippen MR) is 78.3 cm³/mol. The molecular formula is C14H17N3OS. The number of nitrogen functional groups attached to an aromatic ring is 1. The number of nitrogens with one attached hydrogen (secondary N) is 1. The number of aryl methyl sites for hydroxylation is 2. The fraction of sp³-hybridized carbons (Fsp3) is 0.286. The molecule has 2 aromatic rings. The molecule has 0 fully saturated rings. The summed E-state index contributed by atoms with van der Waals surface area (Å²) in [5.41, 5.74) is 9.42. The summed E-state index contributed by atoms with van der Waals surface area (Å²) in [6.07, 6.45) is 0. The van der Waals surface area contributed by atoms with Crippen molar-refractivity contribution in [3.8, 4) is 0 Å². The van der Waals surface area contributed by atoms with E-state index in [2.05, 4.69) is 10.3 Å². The van der Waals surface area contributed by atoms with E-state index in [1.165, 1.54) is 11.3 Å². The third-order valence-corrected chi connectivity index (χ3v) is 4.11. The monoisotopic (exact) mass is 275 g/mol. The second-order valence-electron chi connectivity index (χ2n) is 4.46. The van der Waals surface area contributed by atoms with E-state index in [9.17, 15) is 4.79 Å². The minimum atomic E-state index is -0.0788. The van der Waals surface area contributed by atoms with E-state index in [4.69, 9.17) is 5.73 Å². The lowest BCUT2D eigenvalue weighted by Gasteiger charge is -2.09. The number of hydrogen-bond acceptors (Lipinski definition) is 4. The van der Waals surface area contributed by atoms with Crippen LogP contribution < -0.4 is 11.1 Å². The van der Waals surface area contributed by atoms with Crippen LogP contribution in [0.1, 0.15) is 31.5 Å². The number of nitrogens with zero attached hydrogens (tertiary/aromatic N) is 1. The molecule has 100 valence electrons. The number of aromatic nitrogens is 1. The van der Waals surface area contributed by atoms with Crippen LogP contribution >= 0.6 is 11.3 Å². The number of rotatable bonds is 3. The van der Waals surface area contributed by atoms with E-state index in [-0.39, 0.29) is 5.91 Å². The number of nitrogens with two attached hydrogens (primary N) is 1. The summed E-state index contributed by atoms with van der Waals surface area (Å²) < 4.78 is 0. The van der Waals surface area contributed by atoms with Gasteiger partial charge >= 0.3 is 0 Å². The second-order valence-corrected chi connectivity index (χ2v) is 5.66. The molecule has 0 aliphatic heterocycles. The number of amides is 1. The van der Waals surface area contributed by atoms with Gasteiger partial charge in [0, 0.05) is 12.2 Å². The molecule has 3 N–H and O–H groups in total. The van der Waals surface area contributed by atoms with E-state index in [0.717, 1.165) is 27.5 Å². The van der Waals surface area contributed by atoms with Crippen LogP contribution in [0.15, 0.2) is 18.2 Å². The highest BCUT2D eigenvalue weighted by Gasteiger charge is 2.13. The third-order valence-electron chi connectivity index (χ3n) is 3.04. The zero-order valence-corrected chi connectivity index (χ0v) is 12.1. The average Bonchev–Trinajstić information content (AvgIpc) is 2.70. The lowest BCUT2D eigenvalue weighted by atomic mass is 10.1. The van der Waals surface area contributed by atoms with Crippen LogP contribution in [0.2, 0.25) is 0 Å². The number of carbonyl (C=O) groups is 1. The van der Waals surface area contributed by atoms with Gasteiger partial charge in [0.2, 0.25) is 0 Å². The summed E-state index contributed by atoms with van der Waals surface area (Å²) in [5, 5.41) is 3.82. The first-order valence-electron chi connectivity index (χ1n) is 6.05. The third kappa shape index (κ3) is 2.93. The normalized spacial score (nSPS) is 10.5. The maximum atomic E-state index is 12.1. The van der Waals surface area contributed by atoms with Gasteiger partial charge in [0.25, 0.3) is 5.91 Å². The highest BCUT2D eigenvalue weighted by molar-refractivity contribution is 7.13. The lowest BCUT2D eigenvalue weighted by molar-refractivity contribution is 0.0954. The summed E-state index contributed by atoms with van der Waals surface area (Å²) >= 11 is 1.42. The highest BCUT2D eigenvalue weighted by atomic mass is 32.1. The molecule has 0 aliphatic rings. The molecule has 19 heavy (non-hydrogen) atoms. The molecule has 0 unspecified atom stereocenters. The van der Waals surface area contributed by atoms with Crippen LogP contribution in [0.25, 0.3) is 0 Å². The van der Waals surface area contributed by atoms with Crippen LogP contribution in [0, 0.1) is 20.8 Å². The minimum Gasteiger partial charge on any atom is -0.399 e. The SMILES string of the molecule is Cc1nc(C)c(C(=O)NCc2cccc(N)c2C)s1. The van der Waals surface area contributed by atoms with Crippen LogP contribution in [-0.2, 0) is 6.54 Å². The summed E-state index contributed by atoms with van der Waals surface area (Å²) in [7, 11) is 0. The van der Waals surface area contributed by atoms with Gasteiger partial charge in [0.1, 0.15) is 4.88 Å². The zero-order valence-electron chi connectivity index (χ0n) is 11.3. The Morgan fingerprint density at radius 1 is 1.37 bits per heavy atom. The first-order valence-corrected chi connectivity index (χ1v) is 6.87. The number of hydrogen-bond donors (Lipinski definition) is 2. The van der Waals surface area contributed by atoms with Gasteiger partial charge in [-0.05, 0) is 38.0 Å². The zero-order chi connectivity index (χ0) is 14.0. The van der Waals surface area contributed by atoms with E-state index in [1.54, 1.807) is 0 Å². The lowest BCUT2D eigenvalue weighted by Crippen LogP contribution is -2.23. The first kappa shape index (κ1) is 13.5. The number of anilines is 1. The van der Waals surface area contributed by atoms with Gasteiger partial charge in [-0.15, -0.1) is 11.3 Å². The summed E-state index contributed by atoms with van der Waals surface area (Å²) in [6, 6.07) is 5.72. The quantitative estimate of drug-likeness (QED) is 0.846. The Morgan fingerprint density at radius 3 is 2.74 bits per heavy atom. The molecule has 1 aromatic carbocycles. The van der Waals surface area contributed by atoms with Gasteiger partial charge in [-0.2, -0.15) is 0 Å². The second kappa shape index (κ2) is 5.40. The molecule has 0 spiro atoms. The summed E-state index contributed by atoms with van der Waals surface area (Å²) in [6.45, 7) is 6.19. The molecule has 5 heteroatoms. The van der Waals surface area contributed by atoms with Crippen molar-refractivity contribution < 1.29 is 4.79 Å². The number of thiazole rings is 1. The van der Waals surface area contributed by atoms with Crippen molar-refractivity contribution in [1.82, 2.24) is 10.3 Å². The van der Waals surface area contributed by atoms with Gasteiger partial charge in [-0.1, -0.05) is 12.1 Å². The van der Waals surface area contributed by atoms with Crippen molar-refractivity contribution in [3.05, 3.63) is 44.9 Å². The van der Waals surface area contributed by atoms with Crippen LogP contribution in [0.4, 0.5) is 5.69 Å². The van der Waals surface area contributed by atoms with Crippen molar-refractivity contribution in [3.63, 3.8) is 0 Å². The van der Waals surface area contributed by atoms with E-state index >= 15 is 0 Å². The molecular weight excluding hydrogens is 258 g/mol. The number of carbonyl (C=O) groups excluding carboxylic acids is 1. The van der Waals surface area contributed by atoms with Crippen molar-refractivity contribution in [1.29, 1.82) is 0 Å². The molecule has 4 nitrogen and oxygen atoms in total. The van der Waals surface area contributed by atoms with E-state index in [1.807, 2.05) is 39.0 Å². The van der Waals surface area contributed by atoms with Crippen LogP contribution in [0.5, 0.6) is 0 Å². The molecule has 1 aromatic heterocycles. The molecule has 1 amide bonds. The Labute approximate surface area is 116 Å². The van der Waals surface area contributed by atoms with Gasteiger partial charge in [-0.3, -0.25) is 4.79 Å². The topological polar surface area (TPSA) is 68.0 Å². The Balaban J connectivity index is 2.09. The van der Waals surface area contributed by atoms with Crippen LogP contribution in [0.3, 0.4) is 0 Å². The van der Waals surface area contributed by atoms with Crippen molar-refractivity contribution in [2.75, 3.05) is 5.73 Å². The largest absolute Gasteiger partial charge is 0.399 e. The molecule has 0 saturated heterocycles. The maximum absolute atomic E-state index is 12.1. The molecule has 1 heterocycles. The van der Waals surface area contributed by atoms with Crippen molar-refractivity contribution in [2.45, 2.75) is 27.3 Å². The van der Waals surface area contributed by atoms with Gasteiger partial charge in [-0.25, -0.2) is 4.98 Å². The predicted octanol–water partition coefficient (Wildman–Crippen LogP) is 2.58. The van der Waals surface area contributed by atoms with Gasteiger partial charge in [0.15, 0.2) is 0 Å². The standard InChI is InChI=1S/C14H17N3OS/c1-8-11(5-4-6-12(8)15)7-16-14(18)13-9(2)17-10(3)19-13/h4-6H,7,15H2,1-3H3,(H,16,18). The fourth-order valence-electron chi connectivity index (χ4n) is 1.89. The van der Waals surface area contributed by atoms with Gasteiger partial charge < -0.3 is 11.1 Å². The maximum Gasteiger partial charge on any atom is 0.263 e. The molecule has 0 atom stereocenters. The Bertz CT molecular complexity index is 619. The summed E-state index contributed by atoms with van der Waals surface area (Å²) in [5.74, 6) is -0.0788. The Hall–Kier alpha value is -1.88. The molecule has 0 saturated carbocycles. The Morgan fingerprint density at radius 2 is 2.11 bits per heavy atom. The first-order chi connectivity index (χ1) is 8.99. The van der Waals surface area contributed by atoms with Crippen molar-refractivity contribution >= 4 is 22.9 Å². The fourth-order valence-corrected chi connectivity index (χ4v) is 2.73. The molecule has 0 bridgehead atoms. The van der Waals surface area contributed by atoms with Gasteiger partial charge in [0.05, 0.1) is 10.7 Å². The molecule has 2 rings (SSSR count). The smallest absolute Gasteiger partial charge is 0.263 e. The average molecular weight is 275 g/mol. The van der Waals surface area contributed by atoms with Crippen molar-refractivity contribution in [2.24, 2.45) is 0 Å². The molecule has 0 aliphatic carbocycles. The van der Waals surface area contributed by atoms with Crippen LogP contribution in [-0.4, -0.2) is 10.9 Å². The summed E-state index contributed by atoms with van der Waals surface area (Å²) in [4.78, 5) is 17.0. The van der Waals surface area contributed by atoms with E-state index < -0.39 is 0 Å². The highest BCUT2D eigenvalue weighted by Crippen LogP contribution is 2.18. The molecule has 0 radical (unpaired) electrons. The number of benzene rings is 1. The Kier molecular flexibility index (Phi) is 3.85. The van der Waals surface area contributed by atoms with E-state index in [0.29, 0.717) is 11.4 Å². The minimum absolute atomic E-state index is 0.0788.